The molecule has 0 atom stereocenters. The Morgan fingerprint density at radius 3 is 2.88 bits per heavy atom. The van der Waals surface area contributed by atoms with Crippen LogP contribution in [0.1, 0.15) is 11.3 Å². The number of nitrogens with one attached hydrogen (secondary N) is 1. The van der Waals surface area contributed by atoms with Crippen LogP contribution in [0.3, 0.4) is 0 Å². The predicted molar refractivity (Wildman–Crippen MR) is 70.4 cm³/mol. The zero-order valence-corrected chi connectivity index (χ0v) is 10.7. The molecule has 82 valence electrons. The standard InChI is InChI=1S/C13H13BrN2/c1-10-5-6-11(14)8-13(10)16-9-12-4-2-3-7-15-12/h2-8,16H,9H2,1H3. The number of hydrogen-bond acceptors (Lipinski definition) is 2. The van der Waals surface area contributed by atoms with E-state index in [2.05, 4.69) is 45.3 Å². The van der Waals surface area contributed by atoms with Gasteiger partial charge in [0, 0.05) is 16.4 Å². The molecule has 0 aliphatic heterocycles. The molecule has 1 aromatic carbocycles. The lowest BCUT2D eigenvalue weighted by molar-refractivity contribution is 1.04. The first-order chi connectivity index (χ1) is 7.75. The van der Waals surface area contributed by atoms with E-state index in [1.807, 2.05) is 30.5 Å². The molecule has 1 heterocycles. The van der Waals surface area contributed by atoms with Gasteiger partial charge < -0.3 is 5.32 Å². The number of nitrogens with zero attached hydrogens (tertiary/aromatic N) is 1. The van der Waals surface area contributed by atoms with Gasteiger partial charge in [0.25, 0.3) is 0 Å². The van der Waals surface area contributed by atoms with Crippen LogP contribution in [0.5, 0.6) is 0 Å². The SMILES string of the molecule is Cc1ccc(Br)cc1NCc1ccccn1. The van der Waals surface area contributed by atoms with E-state index in [0.717, 1.165) is 22.4 Å². The summed E-state index contributed by atoms with van der Waals surface area (Å²) in [4.78, 5) is 4.27. The molecule has 0 radical (unpaired) electrons. The summed E-state index contributed by atoms with van der Waals surface area (Å²) in [5.41, 5.74) is 3.42. The van der Waals surface area contributed by atoms with Crippen molar-refractivity contribution in [3.8, 4) is 0 Å². The zero-order valence-electron chi connectivity index (χ0n) is 9.07. The van der Waals surface area contributed by atoms with Crippen molar-refractivity contribution < 1.29 is 0 Å². The largest absolute Gasteiger partial charge is 0.379 e. The van der Waals surface area contributed by atoms with Gasteiger partial charge in [0.05, 0.1) is 12.2 Å². The van der Waals surface area contributed by atoms with E-state index in [-0.39, 0.29) is 0 Å². The second-order valence-electron chi connectivity index (χ2n) is 3.63. The molecule has 16 heavy (non-hydrogen) atoms. The van der Waals surface area contributed by atoms with Crippen LogP contribution in [0.25, 0.3) is 0 Å². The summed E-state index contributed by atoms with van der Waals surface area (Å²) >= 11 is 3.47. The van der Waals surface area contributed by atoms with Crippen LogP contribution in [0.2, 0.25) is 0 Å². The molecule has 3 heteroatoms. The van der Waals surface area contributed by atoms with Crippen molar-refractivity contribution in [2.75, 3.05) is 5.32 Å². The third-order valence-corrected chi connectivity index (χ3v) is 2.88. The molecule has 1 N–H and O–H groups in total. The fourth-order valence-electron chi connectivity index (χ4n) is 1.47. The molecule has 0 bridgehead atoms. The fraction of sp³-hybridized carbons (Fsp3) is 0.154. The zero-order chi connectivity index (χ0) is 11.4. The van der Waals surface area contributed by atoms with Crippen molar-refractivity contribution in [1.82, 2.24) is 4.98 Å². The number of rotatable bonds is 3. The minimum Gasteiger partial charge on any atom is -0.379 e. The van der Waals surface area contributed by atoms with Gasteiger partial charge in [0.1, 0.15) is 0 Å². The van der Waals surface area contributed by atoms with Crippen LogP contribution in [0.4, 0.5) is 5.69 Å². The smallest absolute Gasteiger partial charge is 0.0594 e. The highest BCUT2D eigenvalue weighted by molar-refractivity contribution is 9.10. The Hall–Kier alpha value is -1.35. The Bertz CT molecular complexity index is 469. The molecule has 0 saturated heterocycles. The summed E-state index contributed by atoms with van der Waals surface area (Å²) in [6.45, 7) is 2.84. The Kier molecular flexibility index (Phi) is 3.57. The van der Waals surface area contributed by atoms with Crippen LogP contribution in [0, 0.1) is 6.92 Å². The average Bonchev–Trinajstić information content (AvgIpc) is 2.32. The third-order valence-electron chi connectivity index (χ3n) is 2.39. The molecule has 0 aliphatic rings. The van der Waals surface area contributed by atoms with E-state index in [1.165, 1.54) is 5.56 Å². The topological polar surface area (TPSA) is 24.9 Å². The van der Waals surface area contributed by atoms with Crippen LogP contribution in [-0.4, -0.2) is 4.98 Å². The van der Waals surface area contributed by atoms with E-state index in [9.17, 15) is 0 Å². The number of halogens is 1. The van der Waals surface area contributed by atoms with Crippen molar-refractivity contribution in [1.29, 1.82) is 0 Å². The molecule has 0 aliphatic carbocycles. The van der Waals surface area contributed by atoms with Gasteiger partial charge in [-0.3, -0.25) is 4.98 Å². The fourth-order valence-corrected chi connectivity index (χ4v) is 1.83. The van der Waals surface area contributed by atoms with E-state index in [1.54, 1.807) is 0 Å². The van der Waals surface area contributed by atoms with Gasteiger partial charge in [0.15, 0.2) is 0 Å². The third kappa shape index (κ3) is 2.83. The van der Waals surface area contributed by atoms with Crippen LogP contribution in [0.15, 0.2) is 47.1 Å². The Balaban J connectivity index is 2.08. The number of pyridine rings is 1. The number of hydrogen-bond donors (Lipinski definition) is 1. The quantitative estimate of drug-likeness (QED) is 0.923. The first-order valence-electron chi connectivity index (χ1n) is 5.15. The Labute approximate surface area is 104 Å². The number of anilines is 1. The molecule has 1 aromatic heterocycles. The molecule has 0 saturated carbocycles. The minimum absolute atomic E-state index is 0.748. The van der Waals surface area contributed by atoms with Gasteiger partial charge in [-0.05, 0) is 36.8 Å². The van der Waals surface area contributed by atoms with Gasteiger partial charge in [-0.2, -0.15) is 0 Å². The second kappa shape index (κ2) is 5.12. The highest BCUT2D eigenvalue weighted by Crippen LogP contribution is 2.20. The molecular weight excluding hydrogens is 264 g/mol. The molecular formula is C13H13BrN2. The summed E-state index contributed by atoms with van der Waals surface area (Å²) in [6, 6.07) is 12.1. The van der Waals surface area contributed by atoms with E-state index >= 15 is 0 Å². The van der Waals surface area contributed by atoms with Crippen molar-refractivity contribution in [3.63, 3.8) is 0 Å². The maximum absolute atomic E-state index is 4.27. The Morgan fingerprint density at radius 1 is 1.25 bits per heavy atom. The first kappa shape index (κ1) is 11.1. The predicted octanol–water partition coefficient (Wildman–Crippen LogP) is 3.76. The van der Waals surface area contributed by atoms with E-state index in [4.69, 9.17) is 0 Å². The Morgan fingerprint density at radius 2 is 2.12 bits per heavy atom. The second-order valence-corrected chi connectivity index (χ2v) is 4.55. The van der Waals surface area contributed by atoms with Crippen LogP contribution < -0.4 is 5.32 Å². The van der Waals surface area contributed by atoms with E-state index in [0.29, 0.717) is 0 Å². The van der Waals surface area contributed by atoms with Crippen molar-refractivity contribution in [2.45, 2.75) is 13.5 Å². The normalized spacial score (nSPS) is 10.1. The summed E-state index contributed by atoms with van der Waals surface area (Å²) in [6.07, 6.45) is 1.81. The first-order valence-corrected chi connectivity index (χ1v) is 5.95. The van der Waals surface area contributed by atoms with Gasteiger partial charge in [0.2, 0.25) is 0 Å². The molecule has 0 unspecified atom stereocenters. The van der Waals surface area contributed by atoms with Gasteiger partial charge in [-0.15, -0.1) is 0 Å². The lowest BCUT2D eigenvalue weighted by atomic mass is 10.2. The number of aromatic nitrogens is 1. The number of benzene rings is 1. The van der Waals surface area contributed by atoms with Gasteiger partial charge >= 0.3 is 0 Å². The molecule has 2 rings (SSSR count). The van der Waals surface area contributed by atoms with Crippen LogP contribution >= 0.6 is 15.9 Å². The highest BCUT2D eigenvalue weighted by atomic mass is 79.9. The highest BCUT2D eigenvalue weighted by Gasteiger charge is 1.99. The maximum Gasteiger partial charge on any atom is 0.0594 e. The van der Waals surface area contributed by atoms with Crippen LogP contribution in [-0.2, 0) is 6.54 Å². The number of aryl methyl sites for hydroxylation is 1. The summed E-state index contributed by atoms with van der Waals surface area (Å²) in [7, 11) is 0. The van der Waals surface area contributed by atoms with Gasteiger partial charge in [-0.1, -0.05) is 28.1 Å². The average molecular weight is 277 g/mol. The summed E-state index contributed by atoms with van der Waals surface area (Å²) in [5, 5.41) is 3.38. The minimum atomic E-state index is 0.748. The van der Waals surface area contributed by atoms with Gasteiger partial charge in [-0.25, -0.2) is 0 Å². The molecule has 0 amide bonds. The monoisotopic (exact) mass is 276 g/mol. The lowest BCUT2D eigenvalue weighted by Gasteiger charge is -2.09. The molecule has 0 fully saturated rings. The lowest BCUT2D eigenvalue weighted by Crippen LogP contribution is -2.02. The van der Waals surface area contributed by atoms with Crippen molar-refractivity contribution in [2.24, 2.45) is 0 Å². The molecule has 2 aromatic rings. The summed E-state index contributed by atoms with van der Waals surface area (Å²) < 4.78 is 1.08. The molecule has 0 spiro atoms. The molecule has 2 nitrogen and oxygen atoms in total. The summed E-state index contributed by atoms with van der Waals surface area (Å²) in [5.74, 6) is 0. The maximum atomic E-state index is 4.27. The van der Waals surface area contributed by atoms with E-state index < -0.39 is 0 Å². The van der Waals surface area contributed by atoms with Crippen molar-refractivity contribution in [3.05, 3.63) is 58.3 Å². The van der Waals surface area contributed by atoms with Crippen molar-refractivity contribution >= 4 is 21.6 Å².